The van der Waals surface area contributed by atoms with E-state index in [1.807, 2.05) is 22.9 Å². The number of ether oxygens (including phenoxy) is 2. The van der Waals surface area contributed by atoms with E-state index in [2.05, 4.69) is 24.1 Å². The number of hydrogen-bond donors (Lipinski definition) is 1. The summed E-state index contributed by atoms with van der Waals surface area (Å²) in [4.78, 5) is 22.3. The summed E-state index contributed by atoms with van der Waals surface area (Å²) in [6.07, 6.45) is 9.01. The topological polar surface area (TPSA) is 77.7 Å². The third kappa shape index (κ3) is 3.99. The van der Waals surface area contributed by atoms with Gasteiger partial charge in [-0.25, -0.2) is 4.98 Å². The molecule has 2 aliphatic heterocycles. The fourth-order valence-electron chi connectivity index (χ4n) is 4.42. The molecule has 2 fully saturated rings. The maximum Gasteiger partial charge on any atom is 0.268 e. The molecule has 1 aliphatic carbocycles. The molecule has 1 amide bonds. The number of fused-ring (bicyclic) bond motifs is 1. The standard InChI is InChI=1S/C24H30N4O3/c1-15(2)28-14-17(12-20(28)23(29)27-18-4-3-5-18)22-21-16(13-26-22)6-9-25-24(21)31-19-7-10-30-11-8-19/h6,9,12,14-15,18-19H,3-5,7-8,10-11,13H2,1-2H3,(H,27,29). The Bertz CT molecular complexity index is 1000. The maximum atomic E-state index is 13.0. The fourth-order valence-corrected chi connectivity index (χ4v) is 4.42. The predicted octanol–water partition coefficient (Wildman–Crippen LogP) is 3.66. The van der Waals surface area contributed by atoms with E-state index in [1.165, 1.54) is 6.42 Å². The van der Waals surface area contributed by atoms with Crippen molar-refractivity contribution in [1.82, 2.24) is 14.9 Å². The minimum atomic E-state index is -0.00617. The first-order chi connectivity index (χ1) is 15.1. The summed E-state index contributed by atoms with van der Waals surface area (Å²) in [5.74, 6) is 0.631. The minimum Gasteiger partial charge on any atom is -0.474 e. The van der Waals surface area contributed by atoms with Crippen molar-refractivity contribution >= 4 is 11.6 Å². The van der Waals surface area contributed by atoms with Crippen LogP contribution >= 0.6 is 0 Å². The van der Waals surface area contributed by atoms with Crippen LogP contribution in [0, 0.1) is 0 Å². The third-order valence-electron chi connectivity index (χ3n) is 6.44. The van der Waals surface area contributed by atoms with Crippen molar-refractivity contribution in [3.63, 3.8) is 0 Å². The molecule has 31 heavy (non-hydrogen) atoms. The number of carbonyl (C=O) groups is 1. The van der Waals surface area contributed by atoms with Crippen molar-refractivity contribution in [2.45, 2.75) is 70.7 Å². The predicted molar refractivity (Wildman–Crippen MR) is 118 cm³/mol. The molecular formula is C24H30N4O3. The minimum absolute atomic E-state index is 0.00617. The van der Waals surface area contributed by atoms with Crippen LogP contribution in [-0.2, 0) is 11.3 Å². The van der Waals surface area contributed by atoms with Crippen LogP contribution in [0.25, 0.3) is 0 Å². The highest BCUT2D eigenvalue weighted by Crippen LogP contribution is 2.32. The molecule has 1 saturated heterocycles. The second-order valence-electron chi connectivity index (χ2n) is 8.96. The number of nitrogens with one attached hydrogen (secondary N) is 1. The Morgan fingerprint density at radius 2 is 2.06 bits per heavy atom. The molecule has 0 bridgehead atoms. The molecule has 3 aliphatic rings. The maximum absolute atomic E-state index is 13.0. The van der Waals surface area contributed by atoms with Crippen molar-refractivity contribution in [3.05, 3.63) is 46.9 Å². The molecule has 0 unspecified atom stereocenters. The van der Waals surface area contributed by atoms with Gasteiger partial charge in [0, 0.05) is 42.9 Å². The Morgan fingerprint density at radius 3 is 2.77 bits per heavy atom. The third-order valence-corrected chi connectivity index (χ3v) is 6.44. The highest BCUT2D eigenvalue weighted by molar-refractivity contribution is 6.17. The molecule has 164 valence electrons. The Labute approximate surface area is 182 Å². The van der Waals surface area contributed by atoms with E-state index in [9.17, 15) is 4.79 Å². The molecule has 2 aromatic rings. The monoisotopic (exact) mass is 422 g/mol. The van der Waals surface area contributed by atoms with E-state index >= 15 is 0 Å². The molecule has 4 heterocycles. The average Bonchev–Trinajstić information content (AvgIpc) is 3.36. The van der Waals surface area contributed by atoms with Crippen LogP contribution in [0.5, 0.6) is 5.88 Å². The van der Waals surface area contributed by atoms with Gasteiger partial charge in [-0.15, -0.1) is 0 Å². The van der Waals surface area contributed by atoms with Gasteiger partial charge in [-0.2, -0.15) is 0 Å². The molecule has 7 nitrogen and oxygen atoms in total. The number of pyridine rings is 1. The van der Waals surface area contributed by atoms with Gasteiger partial charge in [-0.3, -0.25) is 9.79 Å². The Kier molecular flexibility index (Phi) is 5.52. The number of nitrogens with zero attached hydrogens (tertiary/aromatic N) is 3. The smallest absolute Gasteiger partial charge is 0.268 e. The number of aliphatic imine (C=N–C) groups is 1. The van der Waals surface area contributed by atoms with E-state index in [0.717, 1.165) is 61.3 Å². The molecule has 1 N–H and O–H groups in total. The van der Waals surface area contributed by atoms with Gasteiger partial charge >= 0.3 is 0 Å². The van der Waals surface area contributed by atoms with Crippen LogP contribution in [0.1, 0.15) is 79.2 Å². The second-order valence-corrected chi connectivity index (χ2v) is 8.96. The van der Waals surface area contributed by atoms with Crippen molar-refractivity contribution in [1.29, 1.82) is 0 Å². The molecule has 1 saturated carbocycles. The van der Waals surface area contributed by atoms with Crippen molar-refractivity contribution in [3.8, 4) is 5.88 Å². The lowest BCUT2D eigenvalue weighted by atomic mass is 9.93. The molecule has 2 aromatic heterocycles. The van der Waals surface area contributed by atoms with Crippen LogP contribution in [0.4, 0.5) is 0 Å². The SMILES string of the molecule is CC(C)n1cc(C2=NCc3ccnc(OC4CCOCC4)c32)cc1C(=O)NC1CCC1. The molecular weight excluding hydrogens is 392 g/mol. The zero-order valence-corrected chi connectivity index (χ0v) is 18.3. The lowest BCUT2D eigenvalue weighted by Crippen LogP contribution is -2.40. The largest absolute Gasteiger partial charge is 0.474 e. The highest BCUT2D eigenvalue weighted by atomic mass is 16.5. The van der Waals surface area contributed by atoms with Crippen LogP contribution in [0.15, 0.2) is 29.5 Å². The first-order valence-corrected chi connectivity index (χ1v) is 11.4. The zero-order chi connectivity index (χ0) is 21.4. The lowest BCUT2D eigenvalue weighted by Gasteiger charge is -2.26. The van der Waals surface area contributed by atoms with Crippen LogP contribution in [0.3, 0.4) is 0 Å². The van der Waals surface area contributed by atoms with E-state index in [-0.39, 0.29) is 18.1 Å². The second kappa shape index (κ2) is 8.46. The van der Waals surface area contributed by atoms with Gasteiger partial charge < -0.3 is 19.4 Å². The van der Waals surface area contributed by atoms with Gasteiger partial charge in [0.1, 0.15) is 11.8 Å². The fraction of sp³-hybridized carbons (Fsp3) is 0.542. The number of carbonyl (C=O) groups excluding carboxylic acids is 1. The van der Waals surface area contributed by atoms with Crippen molar-refractivity contribution in [2.24, 2.45) is 4.99 Å². The summed E-state index contributed by atoms with van der Waals surface area (Å²) in [7, 11) is 0. The molecule has 0 atom stereocenters. The van der Waals surface area contributed by atoms with Gasteiger partial charge in [0.25, 0.3) is 5.91 Å². The number of amides is 1. The summed E-state index contributed by atoms with van der Waals surface area (Å²) in [6.45, 7) is 6.23. The summed E-state index contributed by atoms with van der Waals surface area (Å²) < 4.78 is 13.8. The van der Waals surface area contributed by atoms with E-state index in [4.69, 9.17) is 14.5 Å². The van der Waals surface area contributed by atoms with Crippen molar-refractivity contribution in [2.75, 3.05) is 13.2 Å². The van der Waals surface area contributed by atoms with Gasteiger partial charge in [0.15, 0.2) is 0 Å². The van der Waals surface area contributed by atoms with Gasteiger partial charge in [-0.05, 0) is 50.8 Å². The Morgan fingerprint density at radius 1 is 1.26 bits per heavy atom. The van der Waals surface area contributed by atoms with Crippen molar-refractivity contribution < 1.29 is 14.3 Å². The molecule has 7 heteroatoms. The molecule has 0 spiro atoms. The summed E-state index contributed by atoms with van der Waals surface area (Å²) in [5.41, 5.74) is 4.56. The summed E-state index contributed by atoms with van der Waals surface area (Å²) in [6, 6.07) is 4.45. The summed E-state index contributed by atoms with van der Waals surface area (Å²) in [5, 5.41) is 3.17. The summed E-state index contributed by atoms with van der Waals surface area (Å²) >= 11 is 0. The molecule has 0 radical (unpaired) electrons. The number of hydrogen-bond acceptors (Lipinski definition) is 5. The highest BCUT2D eigenvalue weighted by Gasteiger charge is 2.29. The van der Waals surface area contributed by atoms with E-state index < -0.39 is 0 Å². The Balaban J connectivity index is 1.45. The normalized spacial score (nSPS) is 19.1. The van der Waals surface area contributed by atoms with Crippen LogP contribution in [0.2, 0.25) is 0 Å². The van der Waals surface area contributed by atoms with E-state index in [1.54, 1.807) is 6.20 Å². The lowest BCUT2D eigenvalue weighted by molar-refractivity contribution is 0.0236. The van der Waals surface area contributed by atoms with Gasteiger partial charge in [0.2, 0.25) is 5.88 Å². The zero-order valence-electron chi connectivity index (χ0n) is 18.3. The number of aromatic nitrogens is 2. The number of rotatable bonds is 6. The molecule has 0 aromatic carbocycles. The van der Waals surface area contributed by atoms with Crippen LogP contribution in [-0.4, -0.2) is 46.5 Å². The quantitative estimate of drug-likeness (QED) is 0.771. The average molecular weight is 423 g/mol. The van der Waals surface area contributed by atoms with Gasteiger partial charge in [0.05, 0.1) is 31.0 Å². The van der Waals surface area contributed by atoms with Gasteiger partial charge in [-0.1, -0.05) is 0 Å². The Hall–Kier alpha value is -2.67. The molecule has 5 rings (SSSR count). The van der Waals surface area contributed by atoms with Crippen LogP contribution < -0.4 is 10.1 Å². The first-order valence-electron chi connectivity index (χ1n) is 11.4. The van der Waals surface area contributed by atoms with E-state index in [0.29, 0.717) is 24.2 Å². The first kappa shape index (κ1) is 20.2.